The van der Waals surface area contributed by atoms with Gasteiger partial charge in [0.1, 0.15) is 0 Å². The fourth-order valence-electron chi connectivity index (χ4n) is 1.41. The molecule has 0 aromatic heterocycles. The van der Waals surface area contributed by atoms with Crippen molar-refractivity contribution in [2.75, 3.05) is 5.33 Å². The summed E-state index contributed by atoms with van der Waals surface area (Å²) < 4.78 is 0. The van der Waals surface area contributed by atoms with Crippen LogP contribution in [0.25, 0.3) is 0 Å². The van der Waals surface area contributed by atoms with Gasteiger partial charge in [-0.25, -0.2) is 0 Å². The summed E-state index contributed by atoms with van der Waals surface area (Å²) in [6.07, 6.45) is 8.35. The zero-order chi connectivity index (χ0) is 8.53. The maximum atomic E-state index is 3.48. The number of halogens is 1. The van der Waals surface area contributed by atoms with E-state index >= 15 is 0 Å². The average molecular weight is 221 g/mol. The van der Waals surface area contributed by atoms with Crippen LogP contribution in [0.5, 0.6) is 0 Å². The molecule has 1 atom stereocenters. The first kappa shape index (κ1) is 11.5. The lowest BCUT2D eigenvalue weighted by Gasteiger charge is -2.12. The summed E-state index contributed by atoms with van der Waals surface area (Å²) in [6, 6.07) is 0. The van der Waals surface area contributed by atoms with E-state index in [1.165, 1.54) is 43.9 Å². The molecule has 0 aromatic rings. The van der Waals surface area contributed by atoms with Crippen molar-refractivity contribution < 1.29 is 0 Å². The summed E-state index contributed by atoms with van der Waals surface area (Å²) in [7, 11) is 0. The van der Waals surface area contributed by atoms with Gasteiger partial charge in [0, 0.05) is 5.33 Å². The average Bonchev–Trinajstić information content (AvgIpc) is 2.05. The third-order valence-electron chi connectivity index (χ3n) is 2.29. The smallest absolute Gasteiger partial charge is 0.00314 e. The van der Waals surface area contributed by atoms with Gasteiger partial charge in [-0.1, -0.05) is 55.5 Å². The van der Waals surface area contributed by atoms with Crippen molar-refractivity contribution in [3.63, 3.8) is 0 Å². The summed E-state index contributed by atoms with van der Waals surface area (Å²) in [5, 5.41) is 1.18. The molecule has 0 N–H and O–H groups in total. The summed E-state index contributed by atoms with van der Waals surface area (Å²) in [4.78, 5) is 0. The van der Waals surface area contributed by atoms with Crippen LogP contribution in [0.4, 0.5) is 0 Å². The van der Waals surface area contributed by atoms with Crippen molar-refractivity contribution in [3.8, 4) is 0 Å². The molecule has 0 saturated carbocycles. The minimum absolute atomic E-state index is 0.993. The zero-order valence-electron chi connectivity index (χ0n) is 7.91. The summed E-state index contributed by atoms with van der Waals surface area (Å²) >= 11 is 3.48. The highest BCUT2D eigenvalue weighted by Gasteiger charge is 2.03. The maximum absolute atomic E-state index is 3.48. The van der Waals surface area contributed by atoms with E-state index in [4.69, 9.17) is 0 Å². The summed E-state index contributed by atoms with van der Waals surface area (Å²) in [5.41, 5.74) is 0. The highest BCUT2D eigenvalue weighted by Crippen LogP contribution is 2.18. The van der Waals surface area contributed by atoms with Gasteiger partial charge >= 0.3 is 0 Å². The summed E-state index contributed by atoms with van der Waals surface area (Å²) in [6.45, 7) is 4.59. The van der Waals surface area contributed by atoms with Gasteiger partial charge in [-0.3, -0.25) is 0 Å². The third kappa shape index (κ3) is 6.86. The van der Waals surface area contributed by atoms with E-state index in [1.807, 2.05) is 0 Å². The molecule has 0 saturated heterocycles. The van der Waals surface area contributed by atoms with E-state index in [9.17, 15) is 0 Å². The van der Waals surface area contributed by atoms with Crippen molar-refractivity contribution in [2.24, 2.45) is 5.92 Å². The number of hydrogen-bond donors (Lipinski definition) is 0. The van der Waals surface area contributed by atoms with Crippen LogP contribution in [-0.4, -0.2) is 5.33 Å². The van der Waals surface area contributed by atoms with E-state index in [1.54, 1.807) is 0 Å². The fraction of sp³-hybridized carbons (Fsp3) is 1.00. The molecule has 0 nitrogen and oxygen atoms in total. The van der Waals surface area contributed by atoms with E-state index < -0.39 is 0 Å². The molecule has 0 bridgehead atoms. The molecule has 0 aromatic carbocycles. The molecule has 0 amide bonds. The van der Waals surface area contributed by atoms with E-state index in [0.29, 0.717) is 0 Å². The molecule has 0 spiro atoms. The standard InChI is InChI=1S/C10H21Br/c1-3-5-7-10(4-2)8-6-9-11/h10H,3-9H2,1-2H3. The number of hydrogen-bond acceptors (Lipinski definition) is 0. The molecule has 0 aliphatic carbocycles. The predicted molar refractivity (Wildman–Crippen MR) is 56.3 cm³/mol. The van der Waals surface area contributed by atoms with Gasteiger partial charge in [-0.15, -0.1) is 0 Å². The molecular weight excluding hydrogens is 200 g/mol. The Morgan fingerprint density at radius 2 is 1.73 bits per heavy atom. The van der Waals surface area contributed by atoms with Crippen molar-refractivity contribution in [1.82, 2.24) is 0 Å². The van der Waals surface area contributed by atoms with Gasteiger partial charge in [0.25, 0.3) is 0 Å². The Morgan fingerprint density at radius 1 is 1.09 bits per heavy atom. The van der Waals surface area contributed by atoms with Gasteiger partial charge < -0.3 is 0 Å². The lowest BCUT2D eigenvalue weighted by molar-refractivity contribution is 0.419. The molecule has 0 rings (SSSR count). The second-order valence-electron chi connectivity index (χ2n) is 3.25. The highest BCUT2D eigenvalue weighted by molar-refractivity contribution is 9.09. The Morgan fingerprint density at radius 3 is 2.18 bits per heavy atom. The van der Waals surface area contributed by atoms with Crippen molar-refractivity contribution >= 4 is 15.9 Å². The van der Waals surface area contributed by atoms with Crippen LogP contribution < -0.4 is 0 Å². The number of alkyl halides is 1. The van der Waals surface area contributed by atoms with Gasteiger partial charge in [-0.2, -0.15) is 0 Å². The SMILES string of the molecule is CCCCC(CC)CCCBr. The molecule has 0 heterocycles. The van der Waals surface area contributed by atoms with Gasteiger partial charge in [-0.05, 0) is 18.8 Å². The first-order valence-electron chi connectivity index (χ1n) is 4.91. The lowest BCUT2D eigenvalue weighted by Crippen LogP contribution is -1.98. The van der Waals surface area contributed by atoms with Crippen LogP contribution in [0.1, 0.15) is 52.4 Å². The molecule has 68 valence electrons. The highest BCUT2D eigenvalue weighted by atomic mass is 79.9. The normalized spacial score (nSPS) is 13.4. The van der Waals surface area contributed by atoms with Gasteiger partial charge in [0.2, 0.25) is 0 Å². The van der Waals surface area contributed by atoms with Gasteiger partial charge in [0.05, 0.1) is 0 Å². The molecule has 0 aliphatic heterocycles. The Balaban J connectivity index is 3.25. The van der Waals surface area contributed by atoms with Crippen LogP contribution >= 0.6 is 15.9 Å². The molecular formula is C10H21Br. The van der Waals surface area contributed by atoms with Crippen LogP contribution in [0.3, 0.4) is 0 Å². The van der Waals surface area contributed by atoms with Gasteiger partial charge in [0.15, 0.2) is 0 Å². The number of rotatable bonds is 7. The first-order chi connectivity index (χ1) is 5.35. The topological polar surface area (TPSA) is 0 Å². The van der Waals surface area contributed by atoms with Crippen LogP contribution in [0.15, 0.2) is 0 Å². The minimum Gasteiger partial charge on any atom is -0.0928 e. The molecule has 0 radical (unpaired) electrons. The van der Waals surface area contributed by atoms with Crippen LogP contribution in [0.2, 0.25) is 0 Å². The molecule has 1 unspecified atom stereocenters. The second-order valence-corrected chi connectivity index (χ2v) is 4.04. The maximum Gasteiger partial charge on any atom is 0.00314 e. The first-order valence-corrected chi connectivity index (χ1v) is 6.03. The Kier molecular flexibility index (Phi) is 8.95. The number of unbranched alkanes of at least 4 members (excludes halogenated alkanes) is 1. The second kappa shape index (κ2) is 8.58. The van der Waals surface area contributed by atoms with Crippen LogP contribution in [0, 0.1) is 5.92 Å². The Hall–Kier alpha value is 0.480. The molecule has 11 heavy (non-hydrogen) atoms. The van der Waals surface area contributed by atoms with E-state index in [-0.39, 0.29) is 0 Å². The third-order valence-corrected chi connectivity index (χ3v) is 2.85. The van der Waals surface area contributed by atoms with Crippen molar-refractivity contribution in [2.45, 2.75) is 52.4 Å². The minimum atomic E-state index is 0.993. The van der Waals surface area contributed by atoms with Crippen LogP contribution in [-0.2, 0) is 0 Å². The molecule has 1 heteroatoms. The zero-order valence-corrected chi connectivity index (χ0v) is 9.49. The predicted octanol–water partition coefficient (Wildman–Crippen LogP) is 4.38. The lowest BCUT2D eigenvalue weighted by atomic mass is 9.95. The Labute approximate surface area is 79.9 Å². The van der Waals surface area contributed by atoms with Crippen molar-refractivity contribution in [1.29, 1.82) is 0 Å². The summed E-state index contributed by atoms with van der Waals surface area (Å²) in [5.74, 6) is 0.993. The largest absolute Gasteiger partial charge is 0.0928 e. The monoisotopic (exact) mass is 220 g/mol. The molecule has 0 aliphatic rings. The van der Waals surface area contributed by atoms with Crippen molar-refractivity contribution in [3.05, 3.63) is 0 Å². The quantitative estimate of drug-likeness (QED) is 0.559. The van der Waals surface area contributed by atoms with E-state index in [0.717, 1.165) is 5.92 Å². The molecule has 0 fully saturated rings. The Bertz CT molecular complexity index is 63.3. The van der Waals surface area contributed by atoms with E-state index in [2.05, 4.69) is 29.8 Å². The fourth-order valence-corrected chi connectivity index (χ4v) is 1.73.